The largest absolute Gasteiger partial charge is 0.320 e. The third kappa shape index (κ3) is 5.38. The third-order valence-electron chi connectivity index (χ3n) is 4.19. The van der Waals surface area contributed by atoms with Gasteiger partial charge < -0.3 is 10.2 Å². The smallest absolute Gasteiger partial charge is 0.211 e. The fraction of sp³-hybridized carbons (Fsp3) is 1.00. The maximum absolute atomic E-state index is 12.0. The molecule has 0 aliphatic heterocycles. The highest BCUT2D eigenvalue weighted by Crippen LogP contribution is 2.33. The molecule has 0 heterocycles. The Kier molecular flexibility index (Phi) is 6.73. The first kappa shape index (κ1) is 16.9. The Hall–Kier alpha value is -0.170. The van der Waals surface area contributed by atoms with Crippen LogP contribution in [0.3, 0.4) is 0 Å². The lowest BCUT2D eigenvalue weighted by molar-refractivity contribution is 0.162. The molecule has 6 heteroatoms. The van der Waals surface area contributed by atoms with Crippen molar-refractivity contribution in [2.24, 2.45) is 0 Å². The van der Waals surface area contributed by atoms with Crippen molar-refractivity contribution in [2.75, 3.05) is 40.0 Å². The van der Waals surface area contributed by atoms with Gasteiger partial charge in [-0.1, -0.05) is 12.8 Å². The standard InChI is InChI=1S/C13H29N3O2S/c1-14-10-6-7-11-19(17,18)15-12-13(16(2)3)8-4-5-9-13/h14-15H,4-12H2,1-3H3. The highest BCUT2D eigenvalue weighted by Gasteiger charge is 2.36. The van der Waals surface area contributed by atoms with Crippen LogP contribution in [0.4, 0.5) is 0 Å². The van der Waals surface area contributed by atoms with Gasteiger partial charge in [-0.15, -0.1) is 0 Å². The minimum Gasteiger partial charge on any atom is -0.320 e. The molecule has 114 valence electrons. The second-order valence-electron chi connectivity index (χ2n) is 5.78. The van der Waals surface area contributed by atoms with Gasteiger partial charge in [0.25, 0.3) is 0 Å². The first-order valence-corrected chi connectivity index (χ1v) is 8.86. The van der Waals surface area contributed by atoms with E-state index in [-0.39, 0.29) is 11.3 Å². The van der Waals surface area contributed by atoms with Gasteiger partial charge in [0, 0.05) is 12.1 Å². The molecule has 1 rings (SSSR count). The van der Waals surface area contributed by atoms with Gasteiger partial charge >= 0.3 is 0 Å². The van der Waals surface area contributed by atoms with Gasteiger partial charge in [-0.3, -0.25) is 0 Å². The van der Waals surface area contributed by atoms with E-state index in [4.69, 9.17) is 0 Å². The van der Waals surface area contributed by atoms with Crippen LogP contribution in [0.1, 0.15) is 38.5 Å². The Balaban J connectivity index is 2.41. The van der Waals surface area contributed by atoms with E-state index < -0.39 is 10.0 Å². The lowest BCUT2D eigenvalue weighted by Gasteiger charge is -2.36. The molecule has 0 aromatic heterocycles. The SMILES string of the molecule is CNCCCCS(=O)(=O)NCC1(N(C)C)CCCC1. The summed E-state index contributed by atoms with van der Waals surface area (Å²) in [7, 11) is 2.85. The molecule has 0 unspecified atom stereocenters. The van der Waals surface area contributed by atoms with Crippen molar-refractivity contribution in [2.45, 2.75) is 44.1 Å². The number of nitrogens with one attached hydrogen (secondary N) is 2. The quantitative estimate of drug-likeness (QED) is 0.616. The van der Waals surface area contributed by atoms with Crippen LogP contribution in [-0.4, -0.2) is 58.8 Å². The molecule has 0 amide bonds. The predicted molar refractivity (Wildman–Crippen MR) is 79.8 cm³/mol. The first-order valence-electron chi connectivity index (χ1n) is 7.21. The summed E-state index contributed by atoms with van der Waals surface area (Å²) in [5.74, 6) is 0.234. The summed E-state index contributed by atoms with van der Waals surface area (Å²) in [4.78, 5) is 2.18. The first-order chi connectivity index (χ1) is 8.92. The van der Waals surface area contributed by atoms with Gasteiger partial charge in [0.15, 0.2) is 0 Å². The molecular weight excluding hydrogens is 262 g/mol. The molecule has 5 nitrogen and oxygen atoms in total. The van der Waals surface area contributed by atoms with E-state index in [1.165, 1.54) is 12.8 Å². The number of hydrogen-bond donors (Lipinski definition) is 2. The van der Waals surface area contributed by atoms with E-state index in [1.807, 2.05) is 21.1 Å². The summed E-state index contributed by atoms with van der Waals surface area (Å²) in [5.41, 5.74) is 0.0258. The minimum absolute atomic E-state index is 0.0258. The van der Waals surface area contributed by atoms with Crippen LogP contribution in [0.15, 0.2) is 0 Å². The zero-order valence-corrected chi connectivity index (χ0v) is 13.4. The van der Waals surface area contributed by atoms with E-state index in [9.17, 15) is 8.42 Å². The molecule has 1 fully saturated rings. The number of rotatable bonds is 9. The molecular formula is C13H29N3O2S. The van der Waals surface area contributed by atoms with Gasteiger partial charge in [0.2, 0.25) is 10.0 Å². The molecule has 19 heavy (non-hydrogen) atoms. The number of likely N-dealkylation sites (N-methyl/N-ethyl adjacent to an activating group) is 1. The van der Waals surface area contributed by atoms with Crippen molar-refractivity contribution in [3.8, 4) is 0 Å². The Bertz CT molecular complexity index is 349. The molecule has 1 saturated carbocycles. The fourth-order valence-corrected chi connectivity index (χ4v) is 3.94. The fourth-order valence-electron chi connectivity index (χ4n) is 2.73. The highest BCUT2D eigenvalue weighted by molar-refractivity contribution is 7.89. The van der Waals surface area contributed by atoms with Crippen molar-refractivity contribution in [1.82, 2.24) is 14.9 Å². The summed E-state index contributed by atoms with van der Waals surface area (Å²) in [6.45, 7) is 1.42. The predicted octanol–water partition coefficient (Wildman–Crippen LogP) is 0.780. The number of nitrogens with zero attached hydrogens (tertiary/aromatic N) is 1. The summed E-state index contributed by atoms with van der Waals surface area (Å²) < 4.78 is 26.7. The van der Waals surface area contributed by atoms with Crippen LogP contribution in [0.5, 0.6) is 0 Å². The second kappa shape index (κ2) is 7.57. The highest BCUT2D eigenvalue weighted by atomic mass is 32.2. The van der Waals surface area contributed by atoms with Crippen molar-refractivity contribution >= 4 is 10.0 Å². The van der Waals surface area contributed by atoms with Crippen LogP contribution in [0.25, 0.3) is 0 Å². The Morgan fingerprint density at radius 2 is 1.79 bits per heavy atom. The van der Waals surface area contributed by atoms with Gasteiger partial charge in [-0.2, -0.15) is 0 Å². The van der Waals surface area contributed by atoms with Crippen molar-refractivity contribution in [3.05, 3.63) is 0 Å². The maximum Gasteiger partial charge on any atom is 0.211 e. The zero-order valence-electron chi connectivity index (χ0n) is 12.5. The molecule has 0 atom stereocenters. The molecule has 1 aliphatic carbocycles. The minimum atomic E-state index is -3.13. The Labute approximate surface area is 118 Å². The normalized spacial score (nSPS) is 19.2. The van der Waals surface area contributed by atoms with Gasteiger partial charge in [-0.25, -0.2) is 13.1 Å². The van der Waals surface area contributed by atoms with Gasteiger partial charge in [0.1, 0.15) is 0 Å². The number of unbranched alkanes of at least 4 members (excludes halogenated alkanes) is 1. The van der Waals surface area contributed by atoms with Gasteiger partial charge in [0.05, 0.1) is 5.75 Å². The summed E-state index contributed by atoms with van der Waals surface area (Å²) in [6.07, 6.45) is 6.18. The number of sulfonamides is 1. The maximum atomic E-state index is 12.0. The average Bonchev–Trinajstić information content (AvgIpc) is 2.83. The van der Waals surface area contributed by atoms with Crippen LogP contribution in [0.2, 0.25) is 0 Å². The van der Waals surface area contributed by atoms with Crippen LogP contribution >= 0.6 is 0 Å². The molecule has 1 aliphatic rings. The molecule has 0 spiro atoms. The van der Waals surface area contributed by atoms with Crippen LogP contribution < -0.4 is 10.0 Å². The van der Waals surface area contributed by atoms with Crippen molar-refractivity contribution in [1.29, 1.82) is 0 Å². The lowest BCUT2D eigenvalue weighted by Crippen LogP contribution is -2.51. The van der Waals surface area contributed by atoms with E-state index >= 15 is 0 Å². The van der Waals surface area contributed by atoms with Crippen molar-refractivity contribution < 1.29 is 8.42 Å². The van der Waals surface area contributed by atoms with E-state index in [1.54, 1.807) is 0 Å². The third-order valence-corrected chi connectivity index (χ3v) is 5.60. The Morgan fingerprint density at radius 1 is 1.16 bits per heavy atom. The summed E-state index contributed by atoms with van der Waals surface area (Å²) in [6, 6.07) is 0. The van der Waals surface area contributed by atoms with Gasteiger partial charge in [-0.05, 0) is 53.4 Å². The monoisotopic (exact) mass is 291 g/mol. The molecule has 0 aromatic rings. The van der Waals surface area contributed by atoms with Crippen molar-refractivity contribution in [3.63, 3.8) is 0 Å². The summed E-state index contributed by atoms with van der Waals surface area (Å²) in [5, 5.41) is 3.03. The van der Waals surface area contributed by atoms with Crippen LogP contribution in [0, 0.1) is 0 Å². The second-order valence-corrected chi connectivity index (χ2v) is 7.70. The number of hydrogen-bond acceptors (Lipinski definition) is 4. The lowest BCUT2D eigenvalue weighted by atomic mass is 9.97. The molecule has 0 bridgehead atoms. The topological polar surface area (TPSA) is 61.4 Å². The molecule has 0 radical (unpaired) electrons. The van der Waals surface area contributed by atoms with E-state index in [0.29, 0.717) is 13.0 Å². The molecule has 2 N–H and O–H groups in total. The summed E-state index contributed by atoms with van der Waals surface area (Å²) >= 11 is 0. The average molecular weight is 291 g/mol. The van der Waals surface area contributed by atoms with E-state index in [2.05, 4.69) is 14.9 Å². The molecule has 0 saturated heterocycles. The zero-order chi connectivity index (χ0) is 14.4. The molecule has 0 aromatic carbocycles. The van der Waals surface area contributed by atoms with Crippen LogP contribution in [-0.2, 0) is 10.0 Å². The van der Waals surface area contributed by atoms with E-state index in [0.717, 1.165) is 25.8 Å². The Morgan fingerprint density at radius 3 is 2.32 bits per heavy atom.